The molecule has 7 nitrogen and oxygen atoms in total. The van der Waals surface area contributed by atoms with Gasteiger partial charge in [0.05, 0.1) is 11.4 Å². The van der Waals surface area contributed by atoms with E-state index >= 15 is 0 Å². The van der Waals surface area contributed by atoms with Crippen LogP contribution in [0.5, 0.6) is 0 Å². The lowest BCUT2D eigenvalue weighted by Gasteiger charge is -2.07. The van der Waals surface area contributed by atoms with Crippen LogP contribution in [0, 0.1) is 0 Å². The van der Waals surface area contributed by atoms with Gasteiger partial charge in [-0.05, 0) is 65.1 Å². The van der Waals surface area contributed by atoms with E-state index in [0.717, 1.165) is 24.8 Å². The van der Waals surface area contributed by atoms with Crippen LogP contribution in [0.1, 0.15) is 34.8 Å². The van der Waals surface area contributed by atoms with Crippen molar-refractivity contribution in [1.82, 2.24) is 20.2 Å². The highest BCUT2D eigenvalue weighted by Crippen LogP contribution is 2.25. The van der Waals surface area contributed by atoms with Gasteiger partial charge in [-0.15, -0.1) is 5.10 Å². The zero-order valence-electron chi connectivity index (χ0n) is 15.4. The Kier molecular flexibility index (Phi) is 5.21. The van der Waals surface area contributed by atoms with Crippen molar-refractivity contribution in [2.24, 2.45) is 0 Å². The molecule has 0 saturated carbocycles. The fourth-order valence-corrected chi connectivity index (χ4v) is 4.09. The zero-order valence-corrected chi connectivity index (χ0v) is 16.2. The van der Waals surface area contributed by atoms with E-state index in [0.29, 0.717) is 16.5 Å². The average Bonchev–Trinajstić information content (AvgIpc) is 3.34. The van der Waals surface area contributed by atoms with E-state index < -0.39 is 0 Å². The van der Waals surface area contributed by atoms with Gasteiger partial charge in [-0.2, -0.15) is 4.68 Å². The topological polar surface area (TPSA) is 89.8 Å². The molecule has 0 aliphatic heterocycles. The van der Waals surface area contributed by atoms with Gasteiger partial charge in [0.2, 0.25) is 11.1 Å². The van der Waals surface area contributed by atoms with Gasteiger partial charge in [0.15, 0.2) is 5.78 Å². The Morgan fingerprint density at radius 1 is 1.14 bits per heavy atom. The minimum absolute atomic E-state index is 0.0567. The third-order valence-electron chi connectivity index (χ3n) is 4.60. The molecule has 3 aromatic rings. The predicted octanol–water partition coefficient (Wildman–Crippen LogP) is 3.08. The number of Topliss-reactive ketones (excluding diaryl/α,β-unsaturated/α-hetero) is 1. The molecule has 0 radical (unpaired) electrons. The minimum atomic E-state index is -0.150. The van der Waals surface area contributed by atoms with Gasteiger partial charge >= 0.3 is 0 Å². The number of aromatic nitrogens is 4. The fourth-order valence-electron chi connectivity index (χ4n) is 3.31. The van der Waals surface area contributed by atoms with E-state index in [4.69, 9.17) is 0 Å². The van der Waals surface area contributed by atoms with Crippen molar-refractivity contribution >= 4 is 29.1 Å². The second-order valence-electron chi connectivity index (χ2n) is 6.65. The van der Waals surface area contributed by atoms with Crippen molar-refractivity contribution in [1.29, 1.82) is 0 Å². The van der Waals surface area contributed by atoms with Crippen molar-refractivity contribution in [3.63, 3.8) is 0 Å². The molecule has 28 heavy (non-hydrogen) atoms. The summed E-state index contributed by atoms with van der Waals surface area (Å²) in [5, 5.41) is 15.0. The number of fused-ring (bicyclic) bond motifs is 1. The van der Waals surface area contributed by atoms with Gasteiger partial charge in [0.1, 0.15) is 0 Å². The number of anilines is 1. The van der Waals surface area contributed by atoms with Gasteiger partial charge in [0.25, 0.3) is 0 Å². The Bertz CT molecular complexity index is 1050. The number of amides is 1. The van der Waals surface area contributed by atoms with Crippen LogP contribution in [-0.2, 0) is 17.6 Å². The van der Waals surface area contributed by atoms with Crippen molar-refractivity contribution in [3.05, 3.63) is 59.2 Å². The van der Waals surface area contributed by atoms with Crippen LogP contribution in [0.25, 0.3) is 5.69 Å². The highest BCUT2D eigenvalue weighted by molar-refractivity contribution is 7.99. The number of benzene rings is 2. The summed E-state index contributed by atoms with van der Waals surface area (Å²) >= 11 is 1.29. The maximum atomic E-state index is 12.6. The first-order valence-corrected chi connectivity index (χ1v) is 10.0. The zero-order chi connectivity index (χ0) is 19.5. The SMILES string of the molecule is CC(=O)Nc1cccc(-n2nnnc2SCC(=O)c2ccc3c(c2)CCC3)c1. The Hall–Kier alpha value is -3.00. The summed E-state index contributed by atoms with van der Waals surface area (Å²) in [6.45, 7) is 1.45. The first kappa shape index (κ1) is 18.4. The van der Waals surface area contributed by atoms with Gasteiger partial charge in [0, 0.05) is 18.2 Å². The van der Waals surface area contributed by atoms with E-state index in [2.05, 4.69) is 26.9 Å². The maximum Gasteiger partial charge on any atom is 0.221 e. The molecule has 0 bridgehead atoms. The Balaban J connectivity index is 1.48. The molecule has 2 aromatic carbocycles. The van der Waals surface area contributed by atoms with E-state index in [-0.39, 0.29) is 17.4 Å². The monoisotopic (exact) mass is 393 g/mol. The van der Waals surface area contributed by atoms with Crippen LogP contribution in [0.4, 0.5) is 5.69 Å². The summed E-state index contributed by atoms with van der Waals surface area (Å²) < 4.78 is 1.56. The summed E-state index contributed by atoms with van der Waals surface area (Å²) in [7, 11) is 0. The number of carbonyl (C=O) groups excluding carboxylic acids is 2. The van der Waals surface area contributed by atoms with Crippen molar-refractivity contribution in [2.75, 3.05) is 11.1 Å². The smallest absolute Gasteiger partial charge is 0.221 e. The lowest BCUT2D eigenvalue weighted by atomic mass is 10.0. The predicted molar refractivity (Wildman–Crippen MR) is 107 cm³/mol. The minimum Gasteiger partial charge on any atom is -0.326 e. The third-order valence-corrected chi connectivity index (χ3v) is 5.52. The van der Waals surface area contributed by atoms with Crippen LogP contribution < -0.4 is 5.32 Å². The van der Waals surface area contributed by atoms with Gasteiger partial charge in [-0.25, -0.2) is 0 Å². The molecule has 1 aromatic heterocycles. The molecule has 1 aliphatic carbocycles. The lowest BCUT2D eigenvalue weighted by Crippen LogP contribution is -2.07. The molecular weight excluding hydrogens is 374 g/mol. The fraction of sp³-hybridized carbons (Fsp3) is 0.250. The van der Waals surface area contributed by atoms with E-state index in [9.17, 15) is 9.59 Å². The number of ketones is 1. The molecular formula is C20H19N5O2S. The quantitative estimate of drug-likeness (QED) is 0.511. The Morgan fingerprint density at radius 3 is 2.86 bits per heavy atom. The number of carbonyl (C=O) groups is 2. The van der Waals surface area contributed by atoms with Crippen LogP contribution in [-0.4, -0.2) is 37.7 Å². The molecule has 0 fully saturated rings. The van der Waals surface area contributed by atoms with Crippen molar-refractivity contribution in [2.45, 2.75) is 31.3 Å². The molecule has 4 rings (SSSR count). The highest BCUT2D eigenvalue weighted by Gasteiger charge is 2.16. The van der Waals surface area contributed by atoms with E-state index in [1.807, 2.05) is 24.3 Å². The highest BCUT2D eigenvalue weighted by atomic mass is 32.2. The van der Waals surface area contributed by atoms with E-state index in [1.165, 1.54) is 29.8 Å². The van der Waals surface area contributed by atoms with Gasteiger partial charge in [-0.1, -0.05) is 30.0 Å². The molecule has 0 spiro atoms. The summed E-state index contributed by atoms with van der Waals surface area (Å²) in [4.78, 5) is 23.9. The van der Waals surface area contributed by atoms with Crippen LogP contribution in [0.15, 0.2) is 47.6 Å². The second kappa shape index (κ2) is 7.93. The first-order chi connectivity index (χ1) is 13.6. The summed E-state index contributed by atoms with van der Waals surface area (Å²) in [6.07, 6.45) is 3.31. The largest absolute Gasteiger partial charge is 0.326 e. The van der Waals surface area contributed by atoms with Crippen molar-refractivity contribution in [3.8, 4) is 5.69 Å². The third kappa shape index (κ3) is 3.96. The number of thioether (sulfide) groups is 1. The molecule has 0 atom stereocenters. The normalized spacial score (nSPS) is 12.6. The first-order valence-electron chi connectivity index (χ1n) is 9.04. The van der Waals surface area contributed by atoms with Crippen LogP contribution in [0.3, 0.4) is 0 Å². The standard InChI is InChI=1S/C20H19N5O2S/c1-13(26)21-17-6-3-7-18(11-17)25-20(22-23-24-25)28-12-19(27)16-9-8-14-4-2-5-15(14)10-16/h3,6-11H,2,4-5,12H2,1H3,(H,21,26). The number of hydrogen-bond acceptors (Lipinski definition) is 6. The van der Waals surface area contributed by atoms with Crippen LogP contribution >= 0.6 is 11.8 Å². The summed E-state index contributed by atoms with van der Waals surface area (Å²) in [6, 6.07) is 13.2. The van der Waals surface area contributed by atoms with Gasteiger partial charge in [-0.3, -0.25) is 9.59 Å². The number of tetrazole rings is 1. The second-order valence-corrected chi connectivity index (χ2v) is 7.60. The van der Waals surface area contributed by atoms with E-state index in [1.54, 1.807) is 16.8 Å². The maximum absolute atomic E-state index is 12.6. The molecule has 0 unspecified atom stereocenters. The Morgan fingerprint density at radius 2 is 2.00 bits per heavy atom. The number of nitrogens with one attached hydrogen (secondary N) is 1. The number of rotatable bonds is 6. The lowest BCUT2D eigenvalue weighted by molar-refractivity contribution is -0.114. The Labute approximate surface area is 166 Å². The summed E-state index contributed by atoms with van der Waals surface area (Å²) in [5.41, 5.74) is 4.75. The molecule has 1 heterocycles. The molecule has 1 amide bonds. The molecule has 1 aliphatic rings. The van der Waals surface area contributed by atoms with Crippen LogP contribution in [0.2, 0.25) is 0 Å². The molecule has 1 N–H and O–H groups in total. The van der Waals surface area contributed by atoms with Gasteiger partial charge < -0.3 is 5.32 Å². The molecule has 8 heteroatoms. The summed E-state index contributed by atoms with van der Waals surface area (Å²) in [5.74, 6) is 0.162. The average molecular weight is 393 g/mol. The molecule has 142 valence electrons. The number of hydrogen-bond donors (Lipinski definition) is 1. The van der Waals surface area contributed by atoms with Crippen molar-refractivity contribution < 1.29 is 9.59 Å². The number of nitrogens with zero attached hydrogens (tertiary/aromatic N) is 4. The number of aryl methyl sites for hydroxylation is 2. The molecule has 0 saturated heterocycles.